The van der Waals surface area contributed by atoms with Crippen molar-refractivity contribution >= 4 is 0 Å². The van der Waals surface area contributed by atoms with E-state index in [2.05, 4.69) is 0 Å². The maximum Gasteiger partial charge on any atom is 0.0567 e. The molecular formula is H4BrNO4. The summed E-state index contributed by atoms with van der Waals surface area (Å²) in [5, 5.41) is 0. The fourth-order valence-electron chi connectivity index (χ4n) is 0. The Hall–Kier alpha value is 0.280. The zero-order valence-corrected chi connectivity index (χ0v) is 4.60. The third-order valence-corrected chi connectivity index (χ3v) is 0. The number of hydrogen-bond donors (Lipinski definition) is 1. The molecule has 6 heteroatoms. The van der Waals surface area contributed by atoms with Crippen molar-refractivity contribution in [1.82, 2.24) is 6.15 Å². The minimum absolute atomic E-state index is 0. The van der Waals surface area contributed by atoms with Crippen LogP contribution in [-0.4, -0.2) is 0 Å². The third kappa shape index (κ3) is 587. The van der Waals surface area contributed by atoms with Crippen molar-refractivity contribution in [2.45, 2.75) is 0 Å². The Balaban J connectivity index is 0. The summed E-state index contributed by atoms with van der Waals surface area (Å²) in [6, 6.07) is 0. The average molecular weight is 162 g/mol. The SMILES string of the molecule is [NH4+].[O-][Br+3]([O-])([O-])[O-]. The quantitative estimate of drug-likeness (QED) is 0.385. The molecular weight excluding hydrogens is 158 g/mol. The van der Waals surface area contributed by atoms with E-state index in [9.17, 15) is 0 Å². The molecule has 0 spiro atoms. The van der Waals surface area contributed by atoms with E-state index < -0.39 is 14.1 Å². The van der Waals surface area contributed by atoms with Crippen molar-refractivity contribution < 1.29 is 30.9 Å². The van der Waals surface area contributed by atoms with Gasteiger partial charge in [0.25, 0.3) is 0 Å². The van der Waals surface area contributed by atoms with E-state index in [-0.39, 0.29) is 6.15 Å². The first kappa shape index (κ1) is 9.56. The minimum atomic E-state index is -5.62. The van der Waals surface area contributed by atoms with E-state index >= 15 is 0 Å². The van der Waals surface area contributed by atoms with Crippen LogP contribution in [-0.2, 0) is 0 Å². The molecule has 0 radical (unpaired) electrons. The molecule has 0 amide bonds. The zero-order chi connectivity index (χ0) is 4.50. The Bertz CT molecular complexity index is 23.0. The molecule has 0 aromatic heterocycles. The van der Waals surface area contributed by atoms with Gasteiger partial charge in [-0.3, -0.25) is 16.8 Å². The van der Waals surface area contributed by atoms with Crippen molar-refractivity contribution in [2.24, 2.45) is 0 Å². The van der Waals surface area contributed by atoms with Crippen molar-refractivity contribution in [1.29, 1.82) is 0 Å². The molecule has 0 aliphatic rings. The number of hydrogen-bond acceptors (Lipinski definition) is 4. The van der Waals surface area contributed by atoms with Gasteiger partial charge in [0.05, 0.1) is 14.1 Å². The molecule has 4 N–H and O–H groups in total. The monoisotopic (exact) mass is 161 g/mol. The molecule has 0 aliphatic carbocycles. The fourth-order valence-corrected chi connectivity index (χ4v) is 0. The molecule has 0 fully saturated rings. The maximum absolute atomic E-state index is 8.58. The molecule has 0 bridgehead atoms. The minimum Gasteiger partial charge on any atom is -0.369 e. The predicted octanol–water partition coefficient (Wildman–Crippen LogP) is -4.38. The van der Waals surface area contributed by atoms with Gasteiger partial charge in [0.2, 0.25) is 0 Å². The smallest absolute Gasteiger partial charge is 0.0567 e. The summed E-state index contributed by atoms with van der Waals surface area (Å²) in [4.78, 5) is 0. The molecule has 0 aliphatic heterocycles. The van der Waals surface area contributed by atoms with E-state index in [4.69, 9.17) is 16.8 Å². The van der Waals surface area contributed by atoms with E-state index in [1.165, 1.54) is 0 Å². The van der Waals surface area contributed by atoms with Gasteiger partial charge < -0.3 is 6.15 Å². The second-order valence-electron chi connectivity index (χ2n) is 0.378. The van der Waals surface area contributed by atoms with Gasteiger partial charge in [-0.05, 0) is 0 Å². The summed E-state index contributed by atoms with van der Waals surface area (Å²) in [5.41, 5.74) is 0. The average Bonchev–Trinajstić information content (AvgIpc) is 0.722. The van der Waals surface area contributed by atoms with E-state index in [0.29, 0.717) is 0 Å². The number of quaternary nitrogens is 1. The van der Waals surface area contributed by atoms with Crippen molar-refractivity contribution in [2.75, 3.05) is 0 Å². The summed E-state index contributed by atoms with van der Waals surface area (Å²) >= 11 is -5.62. The van der Waals surface area contributed by atoms with Crippen LogP contribution in [0.15, 0.2) is 0 Å². The van der Waals surface area contributed by atoms with Gasteiger partial charge >= 0.3 is 0 Å². The highest BCUT2D eigenvalue weighted by molar-refractivity contribution is 2.13. The first-order valence-electron chi connectivity index (χ1n) is 0.617. The lowest BCUT2D eigenvalue weighted by Gasteiger charge is -2.11. The Kier molecular flexibility index (Phi) is 3.91. The van der Waals surface area contributed by atoms with Gasteiger partial charge in [-0.2, -0.15) is 0 Å². The number of halogens is 1. The standard InChI is InChI=1S/BrO4.H3N/c2-1(3,4)5;/h;1H3/q-1;/p+1. The lowest BCUT2D eigenvalue weighted by Crippen LogP contribution is -2.68. The molecule has 5 nitrogen and oxygen atoms in total. The van der Waals surface area contributed by atoms with E-state index in [1.54, 1.807) is 0 Å². The Morgan fingerprint density at radius 2 is 0.833 bits per heavy atom. The van der Waals surface area contributed by atoms with Crippen LogP contribution in [0.1, 0.15) is 0 Å². The molecule has 40 valence electrons. The molecule has 0 aromatic rings. The van der Waals surface area contributed by atoms with Gasteiger partial charge in [-0.15, -0.1) is 0 Å². The van der Waals surface area contributed by atoms with Crippen LogP contribution >= 0.6 is 0 Å². The maximum atomic E-state index is 8.58. The summed E-state index contributed by atoms with van der Waals surface area (Å²) in [5.74, 6) is 0. The summed E-state index contributed by atoms with van der Waals surface area (Å²) in [6.07, 6.45) is 0. The zero-order valence-electron chi connectivity index (χ0n) is 3.01. The molecule has 0 saturated carbocycles. The van der Waals surface area contributed by atoms with Crippen molar-refractivity contribution in [3.8, 4) is 0 Å². The van der Waals surface area contributed by atoms with Crippen LogP contribution in [0.25, 0.3) is 0 Å². The molecule has 0 aromatic carbocycles. The fraction of sp³-hybridized carbons (Fsp3) is 0. The van der Waals surface area contributed by atoms with Gasteiger partial charge in [-0.25, -0.2) is 0 Å². The van der Waals surface area contributed by atoms with E-state index in [1.807, 2.05) is 0 Å². The highest BCUT2D eigenvalue weighted by Crippen LogP contribution is 1.49. The molecule has 0 heterocycles. The van der Waals surface area contributed by atoms with Crippen LogP contribution in [0, 0.1) is 14.1 Å². The predicted molar refractivity (Wildman–Crippen MR) is 5.98 cm³/mol. The summed E-state index contributed by atoms with van der Waals surface area (Å²) in [7, 11) is 0. The highest BCUT2D eigenvalue weighted by Gasteiger charge is 1.90. The summed E-state index contributed by atoms with van der Waals surface area (Å²) < 4.78 is 34.3. The van der Waals surface area contributed by atoms with Crippen LogP contribution in [0.5, 0.6) is 0 Å². The van der Waals surface area contributed by atoms with Crippen LogP contribution in [0.4, 0.5) is 0 Å². The molecule has 0 atom stereocenters. The first-order valence-corrected chi connectivity index (χ1v) is 3.21. The van der Waals surface area contributed by atoms with Crippen LogP contribution < -0.4 is 22.9 Å². The second-order valence-corrected chi connectivity index (χ2v) is 1.96. The topological polar surface area (TPSA) is 129 Å². The third-order valence-electron chi connectivity index (χ3n) is 0. The second kappa shape index (κ2) is 2.45. The first-order chi connectivity index (χ1) is 2.00. The van der Waals surface area contributed by atoms with Crippen LogP contribution in [0.2, 0.25) is 0 Å². The lowest BCUT2D eigenvalue weighted by molar-refractivity contribution is -2.00. The van der Waals surface area contributed by atoms with Gasteiger partial charge in [0.15, 0.2) is 0 Å². The Labute approximate surface area is 37.9 Å². The van der Waals surface area contributed by atoms with Crippen molar-refractivity contribution in [3.05, 3.63) is 0 Å². The van der Waals surface area contributed by atoms with E-state index in [0.717, 1.165) is 0 Å². The normalized spacial score (nSPS) is 10.0. The molecule has 0 saturated heterocycles. The van der Waals surface area contributed by atoms with Gasteiger partial charge in [0, 0.05) is 0 Å². The lowest BCUT2D eigenvalue weighted by atomic mass is 14.0. The van der Waals surface area contributed by atoms with Crippen LogP contribution in [0.3, 0.4) is 0 Å². The molecule has 0 unspecified atom stereocenters. The Morgan fingerprint density at radius 1 is 0.833 bits per heavy atom. The largest absolute Gasteiger partial charge is 0.369 e. The highest BCUT2D eigenvalue weighted by atomic mass is 80.0. The number of rotatable bonds is 0. The van der Waals surface area contributed by atoms with Gasteiger partial charge in [0.1, 0.15) is 0 Å². The van der Waals surface area contributed by atoms with Gasteiger partial charge in [-0.1, -0.05) is 0 Å². The van der Waals surface area contributed by atoms with Crippen molar-refractivity contribution in [3.63, 3.8) is 0 Å². The summed E-state index contributed by atoms with van der Waals surface area (Å²) in [6.45, 7) is 0. The molecule has 6 heavy (non-hydrogen) atoms. The Morgan fingerprint density at radius 3 is 0.833 bits per heavy atom. The molecule has 0 rings (SSSR count).